The van der Waals surface area contributed by atoms with Gasteiger partial charge in [0.1, 0.15) is 5.91 Å². The molecule has 0 unspecified atom stereocenters. The van der Waals surface area contributed by atoms with Gasteiger partial charge in [-0.2, -0.15) is 0 Å². The average Bonchev–Trinajstić information content (AvgIpc) is 2.32. The van der Waals surface area contributed by atoms with E-state index in [1.165, 1.54) is 51.0 Å². The molecule has 16 heavy (non-hydrogen) atoms. The monoisotopic (exact) mass is 244 g/mol. The Morgan fingerprint density at radius 3 is 2.12 bits per heavy atom. The molecule has 96 valence electrons. The highest BCUT2D eigenvalue weighted by Crippen LogP contribution is 2.09. The zero-order valence-electron chi connectivity index (χ0n) is 11.0. The molecule has 2 nitrogen and oxygen atoms in total. The van der Waals surface area contributed by atoms with Gasteiger partial charge in [0.25, 0.3) is 0 Å². The summed E-state index contributed by atoms with van der Waals surface area (Å²) in [5.41, 5.74) is 0. The number of ether oxygens (including phenoxy) is 2. The van der Waals surface area contributed by atoms with E-state index < -0.39 is 0 Å². The van der Waals surface area contributed by atoms with Gasteiger partial charge in [-0.1, -0.05) is 44.2 Å². The van der Waals surface area contributed by atoms with Crippen LogP contribution in [0.15, 0.2) is 12.7 Å². The van der Waals surface area contributed by atoms with Crippen molar-refractivity contribution in [3.05, 3.63) is 12.7 Å². The molecule has 0 fully saturated rings. The van der Waals surface area contributed by atoms with Crippen molar-refractivity contribution in [2.24, 2.45) is 0 Å². The Morgan fingerprint density at radius 1 is 1.00 bits per heavy atom. The summed E-state index contributed by atoms with van der Waals surface area (Å²) in [5, 5.41) is 0. The fourth-order valence-corrected chi connectivity index (χ4v) is 3.26. The van der Waals surface area contributed by atoms with E-state index in [9.17, 15) is 0 Å². The van der Waals surface area contributed by atoms with E-state index in [4.69, 9.17) is 9.47 Å². The maximum Gasteiger partial charge on any atom is 0.134 e. The normalized spacial score (nSPS) is 11.7. The average molecular weight is 244 g/mol. The third kappa shape index (κ3) is 10.4. The summed E-state index contributed by atoms with van der Waals surface area (Å²) in [4.78, 5) is 0. The number of allylic oxidation sites excluding steroid dienone is 1. The summed E-state index contributed by atoms with van der Waals surface area (Å²) >= 11 is 0. The Kier molecular flexibility index (Phi) is 12.8. The maximum absolute atomic E-state index is 5.20. The van der Waals surface area contributed by atoms with Crippen LogP contribution < -0.4 is 0 Å². The van der Waals surface area contributed by atoms with E-state index in [2.05, 4.69) is 6.58 Å². The Labute approximate surface area is 103 Å². The molecule has 0 saturated heterocycles. The second kappa shape index (κ2) is 12.9. The van der Waals surface area contributed by atoms with E-state index in [0.717, 1.165) is 0 Å². The summed E-state index contributed by atoms with van der Waals surface area (Å²) in [5.74, 6) is 0.132. The lowest BCUT2D eigenvalue weighted by atomic mass is 10.1. The van der Waals surface area contributed by atoms with Crippen LogP contribution in [0.5, 0.6) is 0 Å². The molecule has 0 heterocycles. The largest absolute Gasteiger partial charge is 0.360 e. The van der Waals surface area contributed by atoms with Crippen LogP contribution >= 0.6 is 0 Å². The summed E-state index contributed by atoms with van der Waals surface area (Å²) in [6.07, 6.45) is 11.4. The summed E-state index contributed by atoms with van der Waals surface area (Å²) in [7, 11) is 3.29. The minimum absolute atomic E-state index is 0.132. The third-order valence-corrected chi connectivity index (χ3v) is 4.92. The zero-order chi connectivity index (χ0) is 12.1. The summed E-state index contributed by atoms with van der Waals surface area (Å²) < 4.78 is 10.4. The molecule has 0 aliphatic carbocycles. The maximum atomic E-state index is 5.20. The fraction of sp³-hybridized carbons (Fsp3) is 0.846. The highest BCUT2D eigenvalue weighted by Gasteiger charge is 2.04. The number of rotatable bonds is 12. The molecule has 0 saturated carbocycles. The van der Waals surface area contributed by atoms with Crippen molar-refractivity contribution in [2.45, 2.75) is 56.9 Å². The van der Waals surface area contributed by atoms with Gasteiger partial charge in [0.15, 0.2) is 0 Å². The van der Waals surface area contributed by atoms with Gasteiger partial charge in [-0.15, -0.1) is 6.58 Å². The Morgan fingerprint density at radius 2 is 1.56 bits per heavy atom. The van der Waals surface area contributed by atoms with Crippen LogP contribution in [0.4, 0.5) is 0 Å². The van der Waals surface area contributed by atoms with Gasteiger partial charge in [-0.05, 0) is 12.8 Å². The molecular formula is C13H28O2Si. The second-order valence-corrected chi connectivity index (χ2v) is 6.19. The predicted octanol–water partition coefficient (Wildman–Crippen LogP) is 3.07. The van der Waals surface area contributed by atoms with E-state index in [1.807, 2.05) is 6.08 Å². The molecule has 0 aliphatic heterocycles. The molecule has 0 rings (SSSR count). The Bertz CT molecular complexity index is 147. The van der Waals surface area contributed by atoms with Crippen LogP contribution in [0.2, 0.25) is 6.04 Å². The van der Waals surface area contributed by atoms with Gasteiger partial charge in [-0.25, -0.2) is 0 Å². The van der Waals surface area contributed by atoms with E-state index in [0.29, 0.717) is 0 Å². The number of unbranched alkanes of at least 4 members (excludes halogenated alkanes) is 6. The first-order valence-corrected chi connectivity index (χ1v) is 8.33. The van der Waals surface area contributed by atoms with Crippen molar-refractivity contribution in [1.82, 2.24) is 0 Å². The minimum Gasteiger partial charge on any atom is -0.360 e. The van der Waals surface area contributed by atoms with Crippen molar-refractivity contribution in [3.8, 4) is 0 Å². The second-order valence-electron chi connectivity index (χ2n) is 4.24. The molecule has 0 radical (unpaired) electrons. The Balaban J connectivity index is 3.06. The quantitative estimate of drug-likeness (QED) is 0.227. The molecule has 0 aliphatic rings. The van der Waals surface area contributed by atoms with Gasteiger partial charge in [0, 0.05) is 14.2 Å². The molecular weight excluding hydrogens is 216 g/mol. The van der Waals surface area contributed by atoms with Crippen LogP contribution in [0, 0.1) is 0 Å². The van der Waals surface area contributed by atoms with E-state index in [-0.39, 0.29) is 15.4 Å². The minimum atomic E-state index is -0.180. The van der Waals surface area contributed by atoms with Crippen LogP contribution in [0.25, 0.3) is 0 Å². The van der Waals surface area contributed by atoms with Crippen LogP contribution in [-0.4, -0.2) is 29.7 Å². The van der Waals surface area contributed by atoms with Gasteiger partial charge >= 0.3 is 0 Å². The standard InChI is InChI=1S/C13H28O2Si/c1-4-5-6-7-8-9-10-11-12-16-13(14-2)15-3/h4,13H,1,5-12,16H2,2-3H3. The molecule has 0 bridgehead atoms. The number of hydrogen-bond donors (Lipinski definition) is 0. The highest BCUT2D eigenvalue weighted by molar-refractivity contribution is 6.36. The van der Waals surface area contributed by atoms with E-state index >= 15 is 0 Å². The van der Waals surface area contributed by atoms with Crippen molar-refractivity contribution < 1.29 is 9.47 Å². The van der Waals surface area contributed by atoms with Crippen LogP contribution in [0.3, 0.4) is 0 Å². The van der Waals surface area contributed by atoms with Crippen molar-refractivity contribution in [2.75, 3.05) is 14.2 Å². The number of hydrogen-bond acceptors (Lipinski definition) is 2. The predicted molar refractivity (Wildman–Crippen MR) is 73.7 cm³/mol. The smallest absolute Gasteiger partial charge is 0.134 e. The van der Waals surface area contributed by atoms with Crippen LogP contribution in [-0.2, 0) is 9.47 Å². The summed E-state index contributed by atoms with van der Waals surface area (Å²) in [6, 6.07) is 1.35. The van der Waals surface area contributed by atoms with Crippen molar-refractivity contribution in [3.63, 3.8) is 0 Å². The van der Waals surface area contributed by atoms with Crippen molar-refractivity contribution >= 4 is 9.52 Å². The molecule has 0 N–H and O–H groups in total. The molecule has 0 atom stereocenters. The first kappa shape index (κ1) is 15.9. The third-order valence-electron chi connectivity index (χ3n) is 2.87. The molecule has 0 aromatic carbocycles. The van der Waals surface area contributed by atoms with Gasteiger partial charge in [0.05, 0.1) is 9.52 Å². The molecule has 3 heteroatoms. The molecule has 0 aromatic heterocycles. The first-order valence-electron chi connectivity index (χ1n) is 6.51. The lowest BCUT2D eigenvalue weighted by molar-refractivity contribution is -0.0441. The molecule has 0 spiro atoms. The number of methoxy groups -OCH3 is 2. The summed E-state index contributed by atoms with van der Waals surface area (Å²) in [6.45, 7) is 3.73. The first-order chi connectivity index (χ1) is 7.85. The van der Waals surface area contributed by atoms with Gasteiger partial charge in [-0.3, -0.25) is 0 Å². The molecule has 0 aromatic rings. The van der Waals surface area contributed by atoms with Gasteiger partial charge < -0.3 is 9.47 Å². The lowest BCUT2D eigenvalue weighted by Crippen LogP contribution is -2.20. The Hall–Kier alpha value is -0.123. The highest BCUT2D eigenvalue weighted by atomic mass is 28.2. The molecule has 0 amide bonds. The lowest BCUT2D eigenvalue weighted by Gasteiger charge is -2.12. The van der Waals surface area contributed by atoms with Gasteiger partial charge in [0.2, 0.25) is 0 Å². The zero-order valence-corrected chi connectivity index (χ0v) is 12.5. The fourth-order valence-electron chi connectivity index (χ4n) is 1.82. The van der Waals surface area contributed by atoms with Crippen molar-refractivity contribution in [1.29, 1.82) is 0 Å². The van der Waals surface area contributed by atoms with E-state index in [1.54, 1.807) is 14.2 Å². The SMILES string of the molecule is C=CCCCCCCCC[SiH2]C(OC)OC. The van der Waals surface area contributed by atoms with Crippen LogP contribution in [0.1, 0.15) is 44.9 Å². The topological polar surface area (TPSA) is 18.5 Å².